The summed E-state index contributed by atoms with van der Waals surface area (Å²) < 4.78 is 33.4. The molecule has 0 aliphatic heterocycles. The minimum atomic E-state index is -5.13. The van der Waals surface area contributed by atoms with Crippen LogP contribution in [0.5, 0.6) is 0 Å². The molecule has 1 rings (SSSR count). The highest BCUT2D eigenvalue weighted by Crippen LogP contribution is 2.47. The van der Waals surface area contributed by atoms with Crippen molar-refractivity contribution in [2.75, 3.05) is 13.2 Å². The Morgan fingerprint density at radius 3 is 1.50 bits per heavy atom. The lowest BCUT2D eigenvalue weighted by atomic mass is 9.85. The molecule has 0 amide bonds. The molecule has 8 atom stereocenters. The molecular formula is C44H77O13P. The Morgan fingerprint density at radius 1 is 0.534 bits per heavy atom. The van der Waals surface area contributed by atoms with E-state index in [-0.39, 0.29) is 12.8 Å². The Labute approximate surface area is 348 Å². The maximum Gasteiger partial charge on any atom is 0.472 e. The molecule has 6 N–H and O–H groups in total. The summed E-state index contributed by atoms with van der Waals surface area (Å²) in [7, 11) is -5.13. The summed E-state index contributed by atoms with van der Waals surface area (Å²) in [4.78, 5) is 35.6. The minimum absolute atomic E-state index is 0.0451. The molecule has 0 spiro atoms. The van der Waals surface area contributed by atoms with Crippen molar-refractivity contribution in [3.8, 4) is 0 Å². The number of aliphatic hydroxyl groups is 5. The molecule has 58 heavy (non-hydrogen) atoms. The highest BCUT2D eigenvalue weighted by molar-refractivity contribution is 7.47. The second-order valence-corrected chi connectivity index (χ2v) is 16.6. The van der Waals surface area contributed by atoms with Crippen molar-refractivity contribution in [3.63, 3.8) is 0 Å². The second kappa shape index (κ2) is 34.5. The van der Waals surface area contributed by atoms with Gasteiger partial charge in [-0.3, -0.25) is 18.6 Å². The number of carbonyl (C=O) groups is 2. The van der Waals surface area contributed by atoms with Crippen LogP contribution in [0.2, 0.25) is 0 Å². The van der Waals surface area contributed by atoms with E-state index in [2.05, 4.69) is 62.5 Å². The van der Waals surface area contributed by atoms with Gasteiger partial charge in [0.1, 0.15) is 43.2 Å². The van der Waals surface area contributed by atoms with Gasteiger partial charge in [-0.1, -0.05) is 120 Å². The number of carbonyl (C=O) groups excluding carboxylic acids is 2. The number of phosphoric acid groups is 1. The third-order valence-corrected chi connectivity index (χ3v) is 10.9. The van der Waals surface area contributed by atoms with E-state index in [1.807, 2.05) is 0 Å². The number of aliphatic hydroxyl groups excluding tert-OH is 5. The number of hydrogen-bond donors (Lipinski definition) is 6. The number of rotatable bonds is 35. The van der Waals surface area contributed by atoms with Crippen molar-refractivity contribution >= 4 is 19.8 Å². The van der Waals surface area contributed by atoms with Crippen molar-refractivity contribution in [2.45, 2.75) is 204 Å². The molecule has 1 fully saturated rings. The lowest BCUT2D eigenvalue weighted by Crippen LogP contribution is -2.64. The van der Waals surface area contributed by atoms with Crippen LogP contribution in [0, 0.1) is 0 Å². The predicted molar refractivity (Wildman–Crippen MR) is 226 cm³/mol. The molecule has 0 radical (unpaired) electrons. The molecule has 0 saturated heterocycles. The first kappa shape index (κ1) is 53.8. The molecule has 0 bridgehead atoms. The second-order valence-electron chi connectivity index (χ2n) is 15.2. The standard InChI is InChI=1S/C44H77O13P/c1-3-5-7-9-11-13-15-17-19-21-23-25-27-29-31-33-38(46)56-36(35-55-58(52,53)57-44-42(50)40(48)39(47)41(49)43(44)51)34-54-37(45)32-30-28-26-24-22-20-18-16-14-12-10-8-6-4-2/h11,13,16-19,23,25,36,39-44,47-51H,3-10,12,14-15,20-22,24,26-35H2,1-2H3,(H,52,53)/b13-11+,18-16+,19-17+,25-23+/t36-,39?,40-,41?,42?,43?,44?/m0/s1. The number of phosphoric ester groups is 1. The summed E-state index contributed by atoms with van der Waals surface area (Å²) in [6.45, 7) is 3.20. The first-order valence-corrected chi connectivity index (χ1v) is 23.4. The van der Waals surface area contributed by atoms with E-state index in [9.17, 15) is 44.6 Å². The molecule has 0 aromatic carbocycles. The average Bonchev–Trinajstić information content (AvgIpc) is 3.20. The SMILES string of the molecule is CCCCC/C=C/C/C=C/C/C=C/CCCCC(=O)O[C@@H](COC(=O)CCCCCCC/C=C/CCCCCCC)COP(=O)(O)OC1C(O)C(O)C(O)[C@H](O)C1O. The number of unbranched alkanes of at least 4 members (excludes halogenated alkanes) is 15. The highest BCUT2D eigenvalue weighted by Gasteiger charge is 2.51. The fourth-order valence-corrected chi connectivity index (χ4v) is 7.26. The van der Waals surface area contributed by atoms with Gasteiger partial charge in [-0.25, -0.2) is 4.57 Å². The van der Waals surface area contributed by atoms with Crippen LogP contribution in [-0.4, -0.2) is 98.3 Å². The maximum atomic E-state index is 12.8. The summed E-state index contributed by atoms with van der Waals surface area (Å²) >= 11 is 0. The summed E-state index contributed by atoms with van der Waals surface area (Å²) in [5.41, 5.74) is 0. The Balaban J connectivity index is 2.53. The Kier molecular flexibility index (Phi) is 32.0. The molecule has 0 aromatic heterocycles. The molecule has 6 unspecified atom stereocenters. The topological polar surface area (TPSA) is 210 Å². The Bertz CT molecular complexity index is 1210. The maximum absolute atomic E-state index is 12.8. The molecule has 1 aliphatic rings. The normalized spacial score (nSPS) is 23.0. The van der Waals surface area contributed by atoms with E-state index in [0.717, 1.165) is 70.6 Å². The van der Waals surface area contributed by atoms with Crippen LogP contribution in [0.25, 0.3) is 0 Å². The molecular weight excluding hydrogens is 767 g/mol. The van der Waals surface area contributed by atoms with E-state index >= 15 is 0 Å². The van der Waals surface area contributed by atoms with Crippen molar-refractivity contribution < 1.29 is 63.1 Å². The van der Waals surface area contributed by atoms with E-state index in [4.69, 9.17) is 18.5 Å². The molecule has 13 nitrogen and oxygen atoms in total. The van der Waals surface area contributed by atoms with Crippen molar-refractivity contribution in [1.29, 1.82) is 0 Å². The molecule has 336 valence electrons. The van der Waals surface area contributed by atoms with Crippen LogP contribution in [0.1, 0.15) is 162 Å². The van der Waals surface area contributed by atoms with Gasteiger partial charge < -0.3 is 39.9 Å². The first-order chi connectivity index (χ1) is 27.9. The third-order valence-electron chi connectivity index (χ3n) is 9.89. The fraction of sp³-hybridized carbons (Fsp3) is 0.773. The van der Waals surface area contributed by atoms with Crippen LogP contribution in [0.3, 0.4) is 0 Å². The zero-order valence-corrected chi connectivity index (χ0v) is 36.2. The van der Waals surface area contributed by atoms with Gasteiger partial charge in [0.15, 0.2) is 6.10 Å². The monoisotopic (exact) mass is 845 g/mol. The van der Waals surface area contributed by atoms with Gasteiger partial charge in [-0.15, -0.1) is 0 Å². The molecule has 14 heteroatoms. The van der Waals surface area contributed by atoms with Crippen LogP contribution in [0.4, 0.5) is 0 Å². The van der Waals surface area contributed by atoms with E-state index in [1.54, 1.807) is 0 Å². The zero-order chi connectivity index (χ0) is 42.9. The van der Waals surface area contributed by atoms with E-state index in [0.29, 0.717) is 12.8 Å². The number of esters is 2. The summed E-state index contributed by atoms with van der Waals surface area (Å²) in [6, 6.07) is 0. The predicted octanol–water partition coefficient (Wildman–Crippen LogP) is 8.00. The summed E-state index contributed by atoms with van der Waals surface area (Å²) in [5.74, 6) is -1.16. The third kappa shape index (κ3) is 26.8. The van der Waals surface area contributed by atoms with Crippen LogP contribution >= 0.6 is 7.82 Å². The van der Waals surface area contributed by atoms with Gasteiger partial charge in [0, 0.05) is 12.8 Å². The van der Waals surface area contributed by atoms with Gasteiger partial charge in [0.2, 0.25) is 0 Å². The van der Waals surface area contributed by atoms with Gasteiger partial charge in [-0.05, 0) is 77.0 Å². The largest absolute Gasteiger partial charge is 0.472 e. The molecule has 0 heterocycles. The average molecular weight is 845 g/mol. The minimum Gasteiger partial charge on any atom is -0.462 e. The fourth-order valence-electron chi connectivity index (χ4n) is 6.29. The van der Waals surface area contributed by atoms with Crippen LogP contribution in [0.15, 0.2) is 48.6 Å². The van der Waals surface area contributed by atoms with Gasteiger partial charge in [-0.2, -0.15) is 0 Å². The summed E-state index contributed by atoms with van der Waals surface area (Å²) in [5, 5.41) is 50.1. The molecule has 0 aromatic rings. The van der Waals surface area contributed by atoms with Crippen LogP contribution in [-0.2, 0) is 32.7 Å². The smallest absolute Gasteiger partial charge is 0.462 e. The Hall–Kier alpha value is -2.19. The molecule has 1 aliphatic carbocycles. The van der Waals surface area contributed by atoms with Crippen molar-refractivity contribution in [2.24, 2.45) is 0 Å². The number of hydrogen-bond acceptors (Lipinski definition) is 12. The Morgan fingerprint density at radius 2 is 0.931 bits per heavy atom. The van der Waals surface area contributed by atoms with E-state index in [1.165, 1.54) is 51.4 Å². The van der Waals surface area contributed by atoms with E-state index < -0.39 is 75.7 Å². The van der Waals surface area contributed by atoms with Gasteiger partial charge >= 0.3 is 19.8 Å². The quantitative estimate of drug-likeness (QED) is 0.0155. The van der Waals surface area contributed by atoms with Crippen LogP contribution < -0.4 is 0 Å². The first-order valence-electron chi connectivity index (χ1n) is 21.9. The summed E-state index contributed by atoms with van der Waals surface area (Å²) in [6.07, 6.45) is 26.0. The molecule has 1 saturated carbocycles. The lowest BCUT2D eigenvalue weighted by Gasteiger charge is -2.41. The highest BCUT2D eigenvalue weighted by atomic mass is 31.2. The van der Waals surface area contributed by atoms with Crippen molar-refractivity contribution in [1.82, 2.24) is 0 Å². The van der Waals surface area contributed by atoms with Gasteiger partial charge in [0.05, 0.1) is 6.61 Å². The zero-order valence-electron chi connectivity index (χ0n) is 35.3. The lowest BCUT2D eigenvalue weighted by molar-refractivity contribution is -0.220. The van der Waals surface area contributed by atoms with Crippen molar-refractivity contribution in [3.05, 3.63) is 48.6 Å². The van der Waals surface area contributed by atoms with Gasteiger partial charge in [0.25, 0.3) is 0 Å². The number of allylic oxidation sites excluding steroid dienone is 8. The number of ether oxygens (including phenoxy) is 2.